The third-order valence-corrected chi connectivity index (χ3v) is 2.82. The van der Waals surface area contributed by atoms with Crippen molar-refractivity contribution in [1.29, 1.82) is 0 Å². The summed E-state index contributed by atoms with van der Waals surface area (Å²) in [4.78, 5) is 0. The number of benzene rings is 1. The second-order valence-corrected chi connectivity index (χ2v) is 4.38. The molecular formula is C10H10Cl3. The van der Waals surface area contributed by atoms with Gasteiger partial charge >= 0.3 is 0 Å². The highest BCUT2D eigenvalue weighted by Crippen LogP contribution is 2.31. The second kappa shape index (κ2) is 4.54. The summed E-state index contributed by atoms with van der Waals surface area (Å²) in [7, 11) is 0. The molecule has 1 radical (unpaired) electrons. The number of hydrogen-bond donors (Lipinski definition) is 0. The number of hydrogen-bond acceptors (Lipinski definition) is 0. The van der Waals surface area contributed by atoms with Crippen LogP contribution in [0.25, 0.3) is 0 Å². The van der Waals surface area contributed by atoms with Gasteiger partial charge in [-0.1, -0.05) is 48.7 Å². The molecule has 0 aliphatic heterocycles. The summed E-state index contributed by atoms with van der Waals surface area (Å²) in [6, 6.07) is 3.66. The van der Waals surface area contributed by atoms with Gasteiger partial charge in [0.2, 0.25) is 0 Å². The molecule has 1 atom stereocenters. The molecule has 0 saturated carbocycles. The van der Waals surface area contributed by atoms with Crippen molar-refractivity contribution in [2.45, 2.75) is 13.3 Å². The van der Waals surface area contributed by atoms with Gasteiger partial charge in [0.1, 0.15) is 0 Å². The molecule has 1 unspecified atom stereocenters. The highest BCUT2D eigenvalue weighted by Gasteiger charge is 2.06. The maximum absolute atomic E-state index is 5.87. The van der Waals surface area contributed by atoms with Crippen LogP contribution in [-0.4, -0.2) is 0 Å². The van der Waals surface area contributed by atoms with Crippen LogP contribution in [0.15, 0.2) is 12.1 Å². The molecule has 0 aliphatic carbocycles. The quantitative estimate of drug-likeness (QED) is 0.655. The van der Waals surface area contributed by atoms with Crippen molar-refractivity contribution in [3.8, 4) is 0 Å². The van der Waals surface area contributed by atoms with Crippen molar-refractivity contribution >= 4 is 34.8 Å². The molecule has 0 spiro atoms. The molecule has 0 fully saturated rings. The lowest BCUT2D eigenvalue weighted by Gasteiger charge is -2.07. The summed E-state index contributed by atoms with van der Waals surface area (Å²) in [5.74, 6) is 0.341. The first kappa shape index (κ1) is 11.2. The van der Waals surface area contributed by atoms with E-state index in [1.807, 2.05) is 19.1 Å². The minimum Gasteiger partial charge on any atom is -0.0826 e. The molecule has 0 aliphatic rings. The Labute approximate surface area is 93.8 Å². The van der Waals surface area contributed by atoms with E-state index in [0.717, 1.165) is 12.0 Å². The van der Waals surface area contributed by atoms with Gasteiger partial charge in [-0.3, -0.25) is 0 Å². The van der Waals surface area contributed by atoms with E-state index in [9.17, 15) is 0 Å². The fraction of sp³-hybridized carbons (Fsp3) is 0.300. The predicted molar refractivity (Wildman–Crippen MR) is 59.7 cm³/mol. The number of halogens is 3. The Morgan fingerprint density at radius 3 is 2.08 bits per heavy atom. The van der Waals surface area contributed by atoms with Gasteiger partial charge in [-0.15, -0.1) is 0 Å². The molecule has 0 heterocycles. The Bertz CT molecular complexity index is 282. The van der Waals surface area contributed by atoms with Crippen LogP contribution >= 0.6 is 34.8 Å². The van der Waals surface area contributed by atoms with Gasteiger partial charge in [0.05, 0.1) is 15.1 Å². The fourth-order valence-corrected chi connectivity index (χ4v) is 1.77. The molecule has 0 nitrogen and oxygen atoms in total. The highest BCUT2D eigenvalue weighted by atomic mass is 35.5. The summed E-state index contributed by atoms with van der Waals surface area (Å²) in [6.45, 7) is 5.93. The minimum absolute atomic E-state index is 0.341. The van der Waals surface area contributed by atoms with Gasteiger partial charge in [-0.05, 0) is 30.0 Å². The van der Waals surface area contributed by atoms with Crippen molar-refractivity contribution in [2.24, 2.45) is 5.92 Å². The summed E-state index contributed by atoms with van der Waals surface area (Å²) in [5, 5.41) is 1.43. The topological polar surface area (TPSA) is 0 Å². The average molecular weight is 237 g/mol. The minimum atomic E-state index is 0.341. The van der Waals surface area contributed by atoms with Crippen molar-refractivity contribution < 1.29 is 0 Å². The third kappa shape index (κ3) is 3.05. The second-order valence-electron chi connectivity index (χ2n) is 3.18. The average Bonchev–Trinajstić information content (AvgIpc) is 1.98. The molecule has 0 aromatic heterocycles. The van der Waals surface area contributed by atoms with Crippen LogP contribution in [0.5, 0.6) is 0 Å². The summed E-state index contributed by atoms with van der Waals surface area (Å²) >= 11 is 17.5. The molecule has 0 N–H and O–H groups in total. The van der Waals surface area contributed by atoms with Crippen molar-refractivity contribution in [1.82, 2.24) is 0 Å². The normalized spacial score (nSPS) is 10.9. The van der Waals surface area contributed by atoms with Gasteiger partial charge in [-0.25, -0.2) is 0 Å². The molecule has 0 amide bonds. The zero-order chi connectivity index (χ0) is 10.0. The lowest BCUT2D eigenvalue weighted by molar-refractivity contribution is 0.719. The van der Waals surface area contributed by atoms with Crippen LogP contribution in [-0.2, 0) is 6.42 Å². The van der Waals surface area contributed by atoms with Crippen LogP contribution in [0.3, 0.4) is 0 Å². The Morgan fingerprint density at radius 1 is 1.23 bits per heavy atom. The first-order chi connectivity index (χ1) is 6.00. The van der Waals surface area contributed by atoms with Gasteiger partial charge in [0.25, 0.3) is 0 Å². The molecule has 3 heteroatoms. The Hall–Kier alpha value is 0.0900. The van der Waals surface area contributed by atoms with Crippen LogP contribution in [0, 0.1) is 12.8 Å². The van der Waals surface area contributed by atoms with E-state index in [1.54, 1.807) is 0 Å². The zero-order valence-electron chi connectivity index (χ0n) is 7.28. The van der Waals surface area contributed by atoms with E-state index in [1.165, 1.54) is 0 Å². The van der Waals surface area contributed by atoms with Crippen LogP contribution in [0.1, 0.15) is 12.5 Å². The van der Waals surface area contributed by atoms with Crippen molar-refractivity contribution in [3.05, 3.63) is 39.7 Å². The van der Waals surface area contributed by atoms with Crippen molar-refractivity contribution in [2.75, 3.05) is 0 Å². The molecule has 0 saturated heterocycles. The van der Waals surface area contributed by atoms with Gasteiger partial charge in [-0.2, -0.15) is 0 Å². The maximum Gasteiger partial charge on any atom is 0.0778 e. The van der Waals surface area contributed by atoms with Crippen molar-refractivity contribution in [3.63, 3.8) is 0 Å². The standard InChI is InChI=1S/C10H10Cl3/c1-6(2)3-7-4-8(11)10(13)9(12)5-7/h4-6H,1,3H2,2H3. The van der Waals surface area contributed by atoms with E-state index in [4.69, 9.17) is 34.8 Å². The highest BCUT2D eigenvalue weighted by molar-refractivity contribution is 6.48. The summed E-state index contributed by atoms with van der Waals surface area (Å²) < 4.78 is 0. The monoisotopic (exact) mass is 235 g/mol. The molecule has 13 heavy (non-hydrogen) atoms. The fourth-order valence-electron chi connectivity index (χ4n) is 1.13. The molecule has 71 valence electrons. The van der Waals surface area contributed by atoms with Crippen LogP contribution in [0.4, 0.5) is 0 Å². The maximum atomic E-state index is 5.87. The first-order valence-corrected chi connectivity index (χ1v) is 5.10. The summed E-state index contributed by atoms with van der Waals surface area (Å²) in [5.41, 5.74) is 1.07. The van der Waals surface area contributed by atoms with E-state index in [2.05, 4.69) is 6.92 Å². The van der Waals surface area contributed by atoms with Gasteiger partial charge in [0.15, 0.2) is 0 Å². The predicted octanol–water partition coefficient (Wildman–Crippen LogP) is 4.66. The Balaban J connectivity index is 2.99. The van der Waals surface area contributed by atoms with E-state index in [-0.39, 0.29) is 0 Å². The smallest absolute Gasteiger partial charge is 0.0778 e. The molecule has 1 aromatic rings. The molecule has 1 aromatic carbocycles. The van der Waals surface area contributed by atoms with E-state index < -0.39 is 0 Å². The molecule has 1 rings (SSSR count). The van der Waals surface area contributed by atoms with Gasteiger partial charge < -0.3 is 0 Å². The third-order valence-electron chi connectivity index (χ3n) is 1.63. The Kier molecular flexibility index (Phi) is 3.90. The molecular weight excluding hydrogens is 226 g/mol. The first-order valence-electron chi connectivity index (χ1n) is 3.97. The SMILES string of the molecule is [CH2]C(C)Cc1cc(Cl)c(Cl)c(Cl)c1. The van der Waals surface area contributed by atoms with Gasteiger partial charge in [0, 0.05) is 0 Å². The van der Waals surface area contributed by atoms with E-state index in [0.29, 0.717) is 21.0 Å². The van der Waals surface area contributed by atoms with Crippen LogP contribution < -0.4 is 0 Å². The molecule has 0 bridgehead atoms. The van der Waals surface area contributed by atoms with E-state index >= 15 is 0 Å². The van der Waals surface area contributed by atoms with Crippen LogP contribution in [0.2, 0.25) is 15.1 Å². The number of rotatable bonds is 2. The summed E-state index contributed by atoms with van der Waals surface area (Å²) in [6.07, 6.45) is 0.858. The zero-order valence-corrected chi connectivity index (χ0v) is 9.55. The largest absolute Gasteiger partial charge is 0.0826 e. The Morgan fingerprint density at radius 2 is 1.69 bits per heavy atom. The lowest BCUT2D eigenvalue weighted by atomic mass is 10.0. The lowest BCUT2D eigenvalue weighted by Crippen LogP contribution is -1.94.